The van der Waals surface area contributed by atoms with Gasteiger partial charge in [-0.2, -0.15) is 11.1 Å². The predicted octanol–water partition coefficient (Wildman–Crippen LogP) is 0.559. The molecule has 2 saturated heterocycles. The summed E-state index contributed by atoms with van der Waals surface area (Å²) in [6, 6.07) is 1.15. The van der Waals surface area contributed by atoms with E-state index in [1.807, 2.05) is 0 Å². The summed E-state index contributed by atoms with van der Waals surface area (Å²) in [5.74, 6) is 2.68. The Labute approximate surface area is 96.4 Å². The van der Waals surface area contributed by atoms with Crippen molar-refractivity contribution in [3.63, 3.8) is 0 Å². The molecule has 4 nitrogen and oxygen atoms in total. The van der Waals surface area contributed by atoms with Crippen molar-refractivity contribution in [2.75, 3.05) is 6.54 Å². The van der Waals surface area contributed by atoms with Crippen molar-refractivity contribution in [3.05, 3.63) is 12.2 Å². The fourth-order valence-electron chi connectivity index (χ4n) is 4.37. The summed E-state index contributed by atoms with van der Waals surface area (Å²) in [5.41, 5.74) is 9.71. The Hall–Kier alpha value is -0.420. The largest absolute Gasteiger partial charge is 0.235 e. The summed E-state index contributed by atoms with van der Waals surface area (Å²) < 4.78 is 0. The second kappa shape index (κ2) is 3.53. The van der Waals surface area contributed by atoms with Gasteiger partial charge in [0.05, 0.1) is 6.04 Å². The zero-order valence-electron chi connectivity index (χ0n) is 9.52. The fourth-order valence-corrected chi connectivity index (χ4v) is 4.37. The monoisotopic (exact) mass is 220 g/mol. The molecule has 0 aromatic rings. The van der Waals surface area contributed by atoms with Gasteiger partial charge in [0.25, 0.3) is 0 Å². The molecule has 2 heterocycles. The first-order valence-electron chi connectivity index (χ1n) is 6.64. The summed E-state index contributed by atoms with van der Waals surface area (Å²) in [7, 11) is 0. The Morgan fingerprint density at radius 3 is 3.12 bits per heavy atom. The minimum Gasteiger partial charge on any atom is -0.235 e. The SMILES string of the molecule is C1=CC2NNNN3CCC4CCCC1C4C23. The van der Waals surface area contributed by atoms with E-state index in [0.29, 0.717) is 12.1 Å². The quantitative estimate of drug-likeness (QED) is 0.522. The van der Waals surface area contributed by atoms with Crippen LogP contribution in [0.4, 0.5) is 0 Å². The van der Waals surface area contributed by atoms with Crippen LogP contribution in [0.5, 0.6) is 0 Å². The van der Waals surface area contributed by atoms with Gasteiger partial charge in [-0.05, 0) is 30.6 Å². The maximum Gasteiger partial charge on any atom is 0.0579 e. The highest BCUT2D eigenvalue weighted by atomic mass is 15.8. The lowest BCUT2D eigenvalue weighted by molar-refractivity contribution is -0.0862. The Morgan fingerprint density at radius 2 is 2.12 bits per heavy atom. The number of nitrogens with one attached hydrogen (secondary N) is 3. The van der Waals surface area contributed by atoms with Crippen LogP contribution in [-0.4, -0.2) is 23.6 Å². The van der Waals surface area contributed by atoms with Gasteiger partial charge in [-0.1, -0.05) is 25.0 Å². The Balaban J connectivity index is 1.72. The molecule has 4 rings (SSSR count). The Kier molecular flexibility index (Phi) is 2.12. The molecule has 5 unspecified atom stereocenters. The minimum atomic E-state index is 0.489. The van der Waals surface area contributed by atoms with E-state index < -0.39 is 0 Å². The van der Waals surface area contributed by atoms with Gasteiger partial charge >= 0.3 is 0 Å². The smallest absolute Gasteiger partial charge is 0.0579 e. The normalized spacial score (nSPS) is 51.1. The lowest BCUT2D eigenvalue weighted by Crippen LogP contribution is -2.75. The van der Waals surface area contributed by atoms with Crippen LogP contribution < -0.4 is 16.5 Å². The van der Waals surface area contributed by atoms with Gasteiger partial charge < -0.3 is 0 Å². The number of rotatable bonds is 0. The molecule has 88 valence electrons. The molecule has 3 fully saturated rings. The van der Waals surface area contributed by atoms with Gasteiger partial charge in [-0.3, -0.25) is 0 Å². The molecule has 2 aliphatic carbocycles. The van der Waals surface area contributed by atoms with Crippen molar-refractivity contribution in [1.29, 1.82) is 0 Å². The molecule has 16 heavy (non-hydrogen) atoms. The van der Waals surface area contributed by atoms with E-state index in [4.69, 9.17) is 0 Å². The third-order valence-corrected chi connectivity index (χ3v) is 5.02. The van der Waals surface area contributed by atoms with Crippen molar-refractivity contribution in [1.82, 2.24) is 21.5 Å². The highest BCUT2D eigenvalue weighted by molar-refractivity contribution is 5.15. The van der Waals surface area contributed by atoms with Crippen LogP contribution in [0.3, 0.4) is 0 Å². The average molecular weight is 220 g/mol. The van der Waals surface area contributed by atoms with E-state index in [1.54, 1.807) is 0 Å². The number of nitrogens with zero attached hydrogens (tertiary/aromatic N) is 1. The maximum atomic E-state index is 3.35. The van der Waals surface area contributed by atoms with Crippen molar-refractivity contribution in [2.24, 2.45) is 17.8 Å². The van der Waals surface area contributed by atoms with E-state index in [-0.39, 0.29) is 0 Å². The molecular formula is C12H20N4. The molecule has 0 spiro atoms. The number of allylic oxidation sites excluding steroid dienone is 1. The molecule has 1 saturated carbocycles. The van der Waals surface area contributed by atoms with Crippen LogP contribution >= 0.6 is 0 Å². The topological polar surface area (TPSA) is 39.3 Å². The van der Waals surface area contributed by atoms with Gasteiger partial charge in [0.15, 0.2) is 0 Å². The first kappa shape index (κ1) is 9.59. The molecule has 0 amide bonds. The van der Waals surface area contributed by atoms with Crippen LogP contribution in [0.15, 0.2) is 12.2 Å². The first-order chi connectivity index (χ1) is 7.93. The minimum absolute atomic E-state index is 0.489. The second-order valence-electron chi connectivity index (χ2n) is 5.70. The highest BCUT2D eigenvalue weighted by Gasteiger charge is 2.49. The fraction of sp³-hybridized carbons (Fsp3) is 0.833. The van der Waals surface area contributed by atoms with Gasteiger partial charge in [0, 0.05) is 12.6 Å². The van der Waals surface area contributed by atoms with Gasteiger partial charge in [-0.15, -0.1) is 0 Å². The number of hydrazine groups is 3. The van der Waals surface area contributed by atoms with E-state index in [1.165, 1.54) is 32.2 Å². The van der Waals surface area contributed by atoms with E-state index in [2.05, 4.69) is 33.7 Å². The van der Waals surface area contributed by atoms with Crippen molar-refractivity contribution < 1.29 is 0 Å². The van der Waals surface area contributed by atoms with Gasteiger partial charge in [0.1, 0.15) is 0 Å². The van der Waals surface area contributed by atoms with Crippen LogP contribution in [0.2, 0.25) is 0 Å². The molecule has 0 bridgehead atoms. The maximum absolute atomic E-state index is 3.35. The van der Waals surface area contributed by atoms with Crippen LogP contribution in [-0.2, 0) is 0 Å². The third-order valence-electron chi connectivity index (χ3n) is 5.02. The number of hydrogen-bond donors (Lipinski definition) is 3. The summed E-state index contributed by atoms with van der Waals surface area (Å²) in [4.78, 5) is 0. The molecule has 4 aliphatic rings. The third kappa shape index (κ3) is 1.24. The summed E-state index contributed by atoms with van der Waals surface area (Å²) >= 11 is 0. The molecule has 3 N–H and O–H groups in total. The van der Waals surface area contributed by atoms with Crippen molar-refractivity contribution >= 4 is 0 Å². The standard InChI is InChI=1S/C12H20N4/c1-2-8-4-5-10-12-11(8)9(3-1)6-7-16(12)15-14-13-10/h4-5,8-15H,1-3,6-7H2. The van der Waals surface area contributed by atoms with E-state index in [9.17, 15) is 0 Å². The van der Waals surface area contributed by atoms with E-state index >= 15 is 0 Å². The Morgan fingerprint density at radius 1 is 1.12 bits per heavy atom. The summed E-state index contributed by atoms with van der Waals surface area (Å²) in [6.45, 7) is 1.19. The number of hydrogen-bond acceptors (Lipinski definition) is 4. The predicted molar refractivity (Wildman–Crippen MR) is 61.8 cm³/mol. The summed E-state index contributed by atoms with van der Waals surface area (Å²) in [5, 5.41) is 2.42. The second-order valence-corrected chi connectivity index (χ2v) is 5.70. The Bertz CT molecular complexity index is 286. The molecule has 4 heteroatoms. The van der Waals surface area contributed by atoms with Gasteiger partial charge in [-0.25, -0.2) is 10.4 Å². The van der Waals surface area contributed by atoms with Crippen LogP contribution in [0.1, 0.15) is 25.7 Å². The molecule has 0 aromatic carbocycles. The molecule has 5 atom stereocenters. The first-order valence-corrected chi connectivity index (χ1v) is 6.64. The zero-order chi connectivity index (χ0) is 10.5. The lowest BCUT2D eigenvalue weighted by atomic mass is 9.62. The van der Waals surface area contributed by atoms with Crippen molar-refractivity contribution in [3.8, 4) is 0 Å². The molecule has 0 radical (unpaired) electrons. The van der Waals surface area contributed by atoms with E-state index in [0.717, 1.165) is 17.8 Å². The van der Waals surface area contributed by atoms with Crippen LogP contribution in [0, 0.1) is 17.8 Å². The molecule has 0 aromatic heterocycles. The zero-order valence-corrected chi connectivity index (χ0v) is 9.52. The lowest BCUT2D eigenvalue weighted by Gasteiger charge is -2.56. The average Bonchev–Trinajstić information content (AvgIpc) is 2.36. The molecule has 2 aliphatic heterocycles. The van der Waals surface area contributed by atoms with Crippen molar-refractivity contribution in [2.45, 2.75) is 37.8 Å². The summed E-state index contributed by atoms with van der Waals surface area (Å²) in [6.07, 6.45) is 10.5. The highest BCUT2D eigenvalue weighted by Crippen LogP contribution is 2.46. The van der Waals surface area contributed by atoms with Gasteiger partial charge in [0.2, 0.25) is 0 Å². The van der Waals surface area contributed by atoms with Crippen LogP contribution in [0.25, 0.3) is 0 Å². The number of piperidine rings is 1. The molecular weight excluding hydrogens is 200 g/mol.